The third-order valence-corrected chi connectivity index (χ3v) is 6.18. The summed E-state index contributed by atoms with van der Waals surface area (Å²) in [5.41, 5.74) is 4.31. The number of nitrogens with zero attached hydrogens (tertiary/aromatic N) is 3. The third kappa shape index (κ3) is 4.84. The average Bonchev–Trinajstić information content (AvgIpc) is 3.37. The van der Waals surface area contributed by atoms with Crippen LogP contribution in [-0.2, 0) is 6.42 Å². The summed E-state index contributed by atoms with van der Waals surface area (Å²) in [7, 11) is 0. The number of urea groups is 1. The minimum atomic E-state index is -0.435. The number of aromatic nitrogens is 2. The highest BCUT2D eigenvalue weighted by molar-refractivity contribution is 5.86. The number of amides is 2. The van der Waals surface area contributed by atoms with Crippen LogP contribution in [0.2, 0.25) is 0 Å². The summed E-state index contributed by atoms with van der Waals surface area (Å²) in [5, 5.41) is 7.24. The molecule has 6 nitrogen and oxygen atoms in total. The molecule has 2 heterocycles. The van der Waals surface area contributed by atoms with E-state index in [9.17, 15) is 9.18 Å². The number of rotatable bonds is 7. The normalized spacial score (nSPS) is 15.9. The van der Waals surface area contributed by atoms with Crippen molar-refractivity contribution in [2.45, 2.75) is 25.8 Å². The second-order valence-electron chi connectivity index (χ2n) is 8.46. The lowest BCUT2D eigenvalue weighted by Crippen LogP contribution is -2.46. The van der Waals surface area contributed by atoms with Gasteiger partial charge in [0.15, 0.2) is 0 Å². The maximum atomic E-state index is 13.4. The highest BCUT2D eigenvalue weighted by Gasteiger charge is 2.35. The van der Waals surface area contributed by atoms with Crippen molar-refractivity contribution in [2.24, 2.45) is 0 Å². The van der Waals surface area contributed by atoms with Crippen LogP contribution in [0, 0.1) is 5.82 Å². The van der Waals surface area contributed by atoms with E-state index in [1.54, 1.807) is 17.0 Å². The van der Waals surface area contributed by atoms with E-state index in [0.29, 0.717) is 23.8 Å². The molecule has 1 atom stereocenters. The van der Waals surface area contributed by atoms with E-state index in [-0.39, 0.29) is 11.8 Å². The molecule has 1 N–H and O–H groups in total. The van der Waals surface area contributed by atoms with E-state index >= 15 is 0 Å². The molecule has 7 heteroatoms. The molecule has 1 unspecified atom stereocenters. The zero-order chi connectivity index (χ0) is 24.2. The van der Waals surface area contributed by atoms with Crippen molar-refractivity contribution < 1.29 is 13.7 Å². The fourth-order valence-electron chi connectivity index (χ4n) is 4.36. The van der Waals surface area contributed by atoms with Crippen LogP contribution in [0.25, 0.3) is 17.0 Å². The van der Waals surface area contributed by atoms with Gasteiger partial charge in [0.25, 0.3) is 5.89 Å². The Bertz CT molecular complexity index is 1330. The van der Waals surface area contributed by atoms with Crippen molar-refractivity contribution in [3.63, 3.8) is 0 Å². The zero-order valence-electron chi connectivity index (χ0n) is 19.3. The van der Waals surface area contributed by atoms with Gasteiger partial charge in [-0.1, -0.05) is 65.8 Å². The average molecular weight is 469 g/mol. The Morgan fingerprint density at radius 2 is 1.66 bits per heavy atom. The Labute approximate surface area is 203 Å². The molecule has 1 aromatic heterocycles. The molecule has 3 aromatic carbocycles. The number of carbonyl (C=O) groups excluding carboxylic acids is 1. The molecular weight excluding hydrogens is 443 g/mol. The SMILES string of the molecule is CC1=C(c2nc(-c3ccc(F)cc3)no2)C(c2ccccc2)NC(=O)N1CCCc1ccccc1. The first-order valence-corrected chi connectivity index (χ1v) is 11.6. The first kappa shape index (κ1) is 22.5. The summed E-state index contributed by atoms with van der Waals surface area (Å²) in [6.45, 7) is 2.46. The molecule has 176 valence electrons. The highest BCUT2D eigenvalue weighted by Crippen LogP contribution is 2.37. The Balaban J connectivity index is 1.48. The predicted octanol–water partition coefficient (Wildman–Crippen LogP) is 6.01. The lowest BCUT2D eigenvalue weighted by Gasteiger charge is -2.35. The van der Waals surface area contributed by atoms with Gasteiger partial charge >= 0.3 is 6.03 Å². The Hall–Kier alpha value is -4.26. The van der Waals surface area contributed by atoms with Crippen LogP contribution in [0.3, 0.4) is 0 Å². The molecule has 0 spiro atoms. The Morgan fingerprint density at radius 1 is 0.971 bits per heavy atom. The van der Waals surface area contributed by atoms with E-state index in [1.165, 1.54) is 17.7 Å². The second kappa shape index (κ2) is 9.93. The van der Waals surface area contributed by atoms with Crippen molar-refractivity contribution in [3.05, 3.63) is 113 Å². The van der Waals surface area contributed by atoms with Gasteiger partial charge in [-0.05, 0) is 55.2 Å². The molecule has 0 fully saturated rings. The van der Waals surface area contributed by atoms with Gasteiger partial charge in [0.1, 0.15) is 5.82 Å². The Morgan fingerprint density at radius 3 is 2.37 bits per heavy atom. The lowest BCUT2D eigenvalue weighted by molar-refractivity contribution is 0.204. The molecular formula is C28H25FN4O2. The smallest absolute Gasteiger partial charge is 0.322 e. The lowest BCUT2D eigenvalue weighted by atomic mass is 9.94. The first-order chi connectivity index (χ1) is 17.1. The van der Waals surface area contributed by atoms with Crippen LogP contribution < -0.4 is 5.32 Å². The van der Waals surface area contributed by atoms with E-state index in [1.807, 2.05) is 55.5 Å². The topological polar surface area (TPSA) is 71.3 Å². The van der Waals surface area contributed by atoms with Gasteiger partial charge < -0.3 is 9.84 Å². The van der Waals surface area contributed by atoms with E-state index < -0.39 is 6.04 Å². The maximum Gasteiger partial charge on any atom is 0.322 e. The highest BCUT2D eigenvalue weighted by atomic mass is 19.1. The van der Waals surface area contributed by atoms with Gasteiger partial charge in [-0.15, -0.1) is 0 Å². The third-order valence-electron chi connectivity index (χ3n) is 6.18. The monoisotopic (exact) mass is 468 g/mol. The molecule has 0 saturated carbocycles. The minimum absolute atomic E-state index is 0.161. The maximum absolute atomic E-state index is 13.4. The number of benzene rings is 3. The van der Waals surface area contributed by atoms with Crippen LogP contribution in [-0.4, -0.2) is 27.6 Å². The predicted molar refractivity (Wildman–Crippen MR) is 131 cm³/mol. The van der Waals surface area contributed by atoms with Gasteiger partial charge in [-0.2, -0.15) is 4.98 Å². The van der Waals surface area contributed by atoms with Crippen LogP contribution in [0.5, 0.6) is 0 Å². The van der Waals surface area contributed by atoms with Crippen LogP contribution in [0.15, 0.2) is 95.1 Å². The summed E-state index contributed by atoms with van der Waals surface area (Å²) >= 11 is 0. The molecule has 0 aliphatic carbocycles. The first-order valence-electron chi connectivity index (χ1n) is 11.6. The standard InChI is InChI=1S/C28H25FN4O2/c1-19-24(27-31-26(32-35-27)22-14-16-23(29)17-15-22)25(21-12-6-3-7-13-21)30-28(34)33(19)18-8-11-20-9-4-2-5-10-20/h2-7,9-10,12-17,25H,8,11,18H2,1H3,(H,30,34). The van der Waals surface area contributed by atoms with Crippen molar-refractivity contribution in [3.8, 4) is 11.4 Å². The largest absolute Gasteiger partial charge is 0.334 e. The van der Waals surface area contributed by atoms with E-state index in [4.69, 9.17) is 4.52 Å². The summed E-state index contributed by atoms with van der Waals surface area (Å²) in [4.78, 5) is 19.5. The number of hydrogen-bond acceptors (Lipinski definition) is 4. The van der Waals surface area contributed by atoms with E-state index in [2.05, 4.69) is 27.6 Å². The van der Waals surface area contributed by atoms with Gasteiger partial charge in [0, 0.05) is 17.8 Å². The van der Waals surface area contributed by atoms with Gasteiger partial charge in [-0.3, -0.25) is 4.90 Å². The summed E-state index contributed by atoms with van der Waals surface area (Å²) < 4.78 is 19.0. The summed E-state index contributed by atoms with van der Waals surface area (Å²) in [6, 6.07) is 25.3. The fraction of sp³-hybridized carbons (Fsp3) is 0.179. The molecule has 5 rings (SSSR count). The number of allylic oxidation sites excluding steroid dienone is 1. The van der Waals surface area contributed by atoms with Crippen molar-refractivity contribution >= 4 is 11.6 Å². The molecule has 4 aromatic rings. The molecule has 1 aliphatic rings. The summed E-state index contributed by atoms with van der Waals surface area (Å²) in [5.74, 6) is 0.352. The van der Waals surface area contributed by atoms with Crippen molar-refractivity contribution in [1.29, 1.82) is 0 Å². The molecule has 0 saturated heterocycles. The number of aryl methyl sites for hydroxylation is 1. The van der Waals surface area contributed by atoms with E-state index in [0.717, 1.165) is 29.7 Å². The van der Waals surface area contributed by atoms with Crippen LogP contribution >= 0.6 is 0 Å². The molecule has 1 aliphatic heterocycles. The quantitative estimate of drug-likeness (QED) is 0.361. The van der Waals surface area contributed by atoms with Gasteiger partial charge in [0.05, 0.1) is 11.6 Å². The number of carbonyl (C=O) groups is 1. The van der Waals surface area contributed by atoms with Crippen molar-refractivity contribution in [2.75, 3.05) is 6.54 Å². The molecule has 35 heavy (non-hydrogen) atoms. The van der Waals surface area contributed by atoms with Crippen molar-refractivity contribution in [1.82, 2.24) is 20.4 Å². The fourth-order valence-corrected chi connectivity index (χ4v) is 4.36. The number of nitrogens with one attached hydrogen (secondary N) is 1. The van der Waals surface area contributed by atoms with Crippen LogP contribution in [0.4, 0.5) is 9.18 Å². The Kier molecular flexibility index (Phi) is 6.39. The molecule has 0 radical (unpaired) electrons. The minimum Gasteiger partial charge on any atom is -0.334 e. The van der Waals surface area contributed by atoms with Crippen LogP contribution in [0.1, 0.15) is 36.4 Å². The molecule has 0 bridgehead atoms. The number of halogens is 1. The van der Waals surface area contributed by atoms with Gasteiger partial charge in [0.2, 0.25) is 5.82 Å². The second-order valence-corrected chi connectivity index (χ2v) is 8.46. The zero-order valence-corrected chi connectivity index (χ0v) is 19.3. The molecule has 2 amide bonds. The number of hydrogen-bond donors (Lipinski definition) is 1. The van der Waals surface area contributed by atoms with Gasteiger partial charge in [-0.25, -0.2) is 9.18 Å². The summed E-state index contributed by atoms with van der Waals surface area (Å²) in [6.07, 6.45) is 1.67.